The number of aromatic nitrogens is 5. The Morgan fingerprint density at radius 1 is 0.929 bits per heavy atom. The van der Waals surface area contributed by atoms with Gasteiger partial charge in [-0.1, -0.05) is 24.3 Å². The molecule has 9 heteroatoms. The van der Waals surface area contributed by atoms with E-state index >= 15 is 0 Å². The zero-order valence-corrected chi connectivity index (χ0v) is 14.3. The van der Waals surface area contributed by atoms with E-state index in [0.29, 0.717) is 10.2 Å². The number of hydrogen-bond donors (Lipinski definition) is 1. The maximum atomic E-state index is 13.0. The molecule has 4 rings (SSSR count). The molecular formula is C19H13F3N6. The molecule has 0 unspecified atom stereocenters. The van der Waals surface area contributed by atoms with E-state index in [1.165, 1.54) is 6.07 Å². The minimum atomic E-state index is -4.64. The Morgan fingerprint density at radius 2 is 1.82 bits per heavy atom. The summed E-state index contributed by atoms with van der Waals surface area (Å²) >= 11 is 0. The first kappa shape index (κ1) is 17.7. The molecule has 1 N–H and O–H groups in total. The maximum absolute atomic E-state index is 13.0. The third-order valence-corrected chi connectivity index (χ3v) is 3.81. The van der Waals surface area contributed by atoms with E-state index in [4.69, 9.17) is 0 Å². The summed E-state index contributed by atoms with van der Waals surface area (Å²) in [6, 6.07) is 16.0. The van der Waals surface area contributed by atoms with Gasteiger partial charge in [0.2, 0.25) is 0 Å². The lowest BCUT2D eigenvalue weighted by molar-refractivity contribution is -0.146. The molecule has 0 saturated heterocycles. The first-order valence-electron chi connectivity index (χ1n) is 8.25. The van der Waals surface area contributed by atoms with E-state index in [9.17, 15) is 13.2 Å². The molecule has 0 atom stereocenters. The Bertz CT molecular complexity index is 1140. The lowest BCUT2D eigenvalue weighted by Gasteiger charge is -2.08. The minimum absolute atomic E-state index is 0.0184. The number of pyridine rings is 1. The Labute approximate surface area is 157 Å². The third-order valence-electron chi connectivity index (χ3n) is 3.81. The van der Waals surface area contributed by atoms with Crippen molar-refractivity contribution in [1.29, 1.82) is 0 Å². The summed E-state index contributed by atoms with van der Waals surface area (Å²) in [5.41, 5.74) is 2.42. The smallest absolute Gasteiger partial charge is 0.339 e. The lowest BCUT2D eigenvalue weighted by Crippen LogP contribution is -2.13. The topological polar surface area (TPSA) is 68.0 Å². The van der Waals surface area contributed by atoms with Crippen molar-refractivity contribution < 1.29 is 13.2 Å². The Hall–Kier alpha value is -3.75. The molecule has 140 valence electrons. The van der Waals surface area contributed by atoms with Gasteiger partial charge in [0.25, 0.3) is 5.82 Å². The molecule has 0 aliphatic heterocycles. The second kappa shape index (κ2) is 7.10. The average molecular weight is 382 g/mol. The number of nitrogens with zero attached hydrogens (tertiary/aromatic N) is 5. The van der Waals surface area contributed by atoms with Crippen molar-refractivity contribution in [3.63, 3.8) is 0 Å². The number of fused-ring (bicyclic) bond motifs is 1. The van der Waals surface area contributed by atoms with Gasteiger partial charge in [-0.15, -0.1) is 15.3 Å². The van der Waals surface area contributed by atoms with Crippen LogP contribution < -0.4 is 5.32 Å². The van der Waals surface area contributed by atoms with E-state index < -0.39 is 12.0 Å². The van der Waals surface area contributed by atoms with Gasteiger partial charge >= 0.3 is 6.18 Å². The molecule has 0 spiro atoms. The zero-order valence-electron chi connectivity index (χ0n) is 14.3. The third kappa shape index (κ3) is 3.83. The fraction of sp³-hybridized carbons (Fsp3) is 0.0526. The van der Waals surface area contributed by atoms with E-state index in [-0.39, 0.29) is 11.5 Å². The summed E-state index contributed by atoms with van der Waals surface area (Å²) in [6.07, 6.45) is 0.836. The van der Waals surface area contributed by atoms with E-state index in [0.717, 1.165) is 11.3 Å². The van der Waals surface area contributed by atoms with Crippen LogP contribution in [0.3, 0.4) is 0 Å². The van der Waals surface area contributed by atoms with Gasteiger partial charge < -0.3 is 5.32 Å². The molecule has 0 saturated carbocycles. The summed E-state index contributed by atoms with van der Waals surface area (Å²) < 4.78 is 39.6. The van der Waals surface area contributed by atoms with Crippen LogP contribution in [0.15, 0.2) is 60.8 Å². The highest BCUT2D eigenvalue weighted by molar-refractivity contribution is 5.71. The number of hydrogen-bond acceptors (Lipinski definition) is 5. The predicted octanol–water partition coefficient (Wildman–Crippen LogP) is 4.45. The number of anilines is 2. The molecule has 0 aliphatic carbocycles. The SMILES string of the molecule is FC(F)(F)c1nnc2ccc(Nc3cccc(C=Cc4ccccn4)c3)nn12. The van der Waals surface area contributed by atoms with Crippen LogP contribution in [0.5, 0.6) is 0 Å². The van der Waals surface area contributed by atoms with Crippen LogP contribution in [0.4, 0.5) is 24.7 Å². The van der Waals surface area contributed by atoms with E-state index in [2.05, 4.69) is 25.6 Å². The standard InChI is InChI=1S/C19H13F3N6/c20-19(21,22)18-26-25-17-10-9-16(27-28(17)18)24-15-6-3-4-13(12-15)7-8-14-5-1-2-11-23-14/h1-12H,(H,24,27). The van der Waals surface area contributed by atoms with Gasteiger partial charge in [-0.3, -0.25) is 4.98 Å². The number of halogens is 3. The van der Waals surface area contributed by atoms with Gasteiger partial charge in [-0.2, -0.15) is 17.7 Å². The predicted molar refractivity (Wildman–Crippen MR) is 98.7 cm³/mol. The van der Waals surface area contributed by atoms with Crippen molar-refractivity contribution in [2.75, 3.05) is 5.32 Å². The van der Waals surface area contributed by atoms with Gasteiger partial charge in [0.05, 0.1) is 5.69 Å². The molecule has 28 heavy (non-hydrogen) atoms. The van der Waals surface area contributed by atoms with Crippen molar-refractivity contribution in [3.8, 4) is 0 Å². The van der Waals surface area contributed by atoms with Crippen LogP contribution in [-0.4, -0.2) is 24.8 Å². The summed E-state index contributed by atoms with van der Waals surface area (Å²) in [6.45, 7) is 0. The molecule has 3 heterocycles. The molecule has 4 aromatic rings. The first-order chi connectivity index (χ1) is 13.5. The van der Waals surface area contributed by atoms with Gasteiger partial charge in [0, 0.05) is 11.9 Å². The lowest BCUT2D eigenvalue weighted by atomic mass is 10.1. The first-order valence-corrected chi connectivity index (χ1v) is 8.25. The molecule has 0 fully saturated rings. The van der Waals surface area contributed by atoms with E-state index in [1.807, 2.05) is 48.6 Å². The van der Waals surface area contributed by atoms with Crippen molar-refractivity contribution >= 4 is 29.3 Å². The van der Waals surface area contributed by atoms with Crippen molar-refractivity contribution in [2.45, 2.75) is 6.18 Å². The molecule has 6 nitrogen and oxygen atoms in total. The van der Waals surface area contributed by atoms with Crippen LogP contribution in [0, 0.1) is 0 Å². The van der Waals surface area contributed by atoms with Crippen molar-refractivity contribution in [2.24, 2.45) is 0 Å². The summed E-state index contributed by atoms with van der Waals surface area (Å²) in [4.78, 5) is 4.22. The molecule has 3 aromatic heterocycles. The normalized spacial score (nSPS) is 12.0. The molecule has 1 aromatic carbocycles. The van der Waals surface area contributed by atoms with Gasteiger partial charge in [0.15, 0.2) is 11.5 Å². The van der Waals surface area contributed by atoms with Gasteiger partial charge in [0.1, 0.15) is 0 Å². The van der Waals surface area contributed by atoms with Crippen LogP contribution in [0.25, 0.3) is 17.8 Å². The Balaban J connectivity index is 1.58. The Morgan fingerprint density at radius 3 is 2.61 bits per heavy atom. The summed E-state index contributed by atoms with van der Waals surface area (Å²) in [7, 11) is 0. The van der Waals surface area contributed by atoms with Crippen LogP contribution >= 0.6 is 0 Å². The van der Waals surface area contributed by atoms with Crippen LogP contribution in [0.1, 0.15) is 17.1 Å². The number of alkyl halides is 3. The second-order valence-corrected chi connectivity index (χ2v) is 5.85. The molecule has 0 amide bonds. The van der Waals surface area contributed by atoms with Crippen LogP contribution in [0.2, 0.25) is 0 Å². The van der Waals surface area contributed by atoms with Gasteiger partial charge in [-0.05, 0) is 48.0 Å². The molecule has 0 bridgehead atoms. The molecule has 0 aliphatic rings. The van der Waals surface area contributed by atoms with Gasteiger partial charge in [-0.25, -0.2) is 0 Å². The van der Waals surface area contributed by atoms with E-state index in [1.54, 1.807) is 18.3 Å². The van der Waals surface area contributed by atoms with Crippen molar-refractivity contribution in [1.82, 2.24) is 24.8 Å². The Kier molecular flexibility index (Phi) is 4.48. The zero-order chi connectivity index (χ0) is 19.6. The highest BCUT2D eigenvalue weighted by Gasteiger charge is 2.37. The van der Waals surface area contributed by atoms with Crippen LogP contribution in [-0.2, 0) is 6.18 Å². The highest BCUT2D eigenvalue weighted by atomic mass is 19.4. The largest absolute Gasteiger partial charge is 0.453 e. The average Bonchev–Trinajstić information content (AvgIpc) is 3.11. The highest BCUT2D eigenvalue weighted by Crippen LogP contribution is 2.28. The second-order valence-electron chi connectivity index (χ2n) is 5.85. The summed E-state index contributed by atoms with van der Waals surface area (Å²) in [5, 5.41) is 13.6. The quantitative estimate of drug-likeness (QED) is 0.565. The number of rotatable bonds is 4. The molecule has 0 radical (unpaired) electrons. The number of benzene rings is 1. The fourth-order valence-corrected chi connectivity index (χ4v) is 2.56. The monoisotopic (exact) mass is 382 g/mol. The maximum Gasteiger partial charge on any atom is 0.453 e. The summed E-state index contributed by atoms with van der Waals surface area (Å²) in [5.74, 6) is -0.929. The van der Waals surface area contributed by atoms with Crippen molar-refractivity contribution in [3.05, 3.63) is 77.9 Å². The molecular weight excluding hydrogens is 369 g/mol. The number of nitrogens with one attached hydrogen (secondary N) is 1. The minimum Gasteiger partial charge on any atom is -0.339 e. The fourth-order valence-electron chi connectivity index (χ4n) is 2.56.